The first-order valence-electron chi connectivity index (χ1n) is 28.5. The number of para-hydroxylation sites is 1. The molecule has 0 saturated carbocycles. The van der Waals surface area contributed by atoms with Crippen LogP contribution < -0.4 is 9.80 Å². The van der Waals surface area contributed by atoms with Gasteiger partial charge in [-0.3, -0.25) is 0 Å². The van der Waals surface area contributed by atoms with Gasteiger partial charge in [0.05, 0.1) is 22.1 Å². The Morgan fingerprint density at radius 3 is 1.76 bits per heavy atom. The zero-order chi connectivity index (χ0) is 54.5. The fraction of sp³-hybridized carbons (Fsp3) is 0.0649. The first-order chi connectivity index (χ1) is 40.5. The van der Waals surface area contributed by atoms with Crippen molar-refractivity contribution in [3.05, 3.63) is 313 Å². The molecule has 0 fully saturated rings. The summed E-state index contributed by atoms with van der Waals surface area (Å²) < 4.78 is 35.3. The normalized spacial score (nSPS) is 15.6. The van der Waals surface area contributed by atoms with E-state index in [1.807, 2.05) is 84.9 Å². The summed E-state index contributed by atoms with van der Waals surface area (Å²) in [4.78, 5) is 4.71. The summed E-state index contributed by atoms with van der Waals surface area (Å²) in [5.41, 5.74) is 20.7. The third kappa shape index (κ3) is 7.19. The monoisotopic (exact) mass is 1060 g/mol. The van der Waals surface area contributed by atoms with E-state index in [-0.39, 0.29) is 11.6 Å². The van der Waals surface area contributed by atoms with Crippen LogP contribution in [0, 0.1) is 11.6 Å². The minimum absolute atomic E-state index is 0.272. The Morgan fingerprint density at radius 1 is 0.439 bits per heavy atom. The smallest absolute Gasteiger partial charge is 0.131 e. The molecule has 0 amide bonds. The van der Waals surface area contributed by atoms with Gasteiger partial charge < -0.3 is 14.4 Å². The predicted molar refractivity (Wildman–Crippen MR) is 336 cm³/mol. The van der Waals surface area contributed by atoms with E-state index in [0.717, 1.165) is 98.4 Å². The summed E-state index contributed by atoms with van der Waals surface area (Å²) in [7, 11) is 0. The molecule has 0 radical (unpaired) electrons. The van der Waals surface area contributed by atoms with E-state index in [2.05, 4.69) is 190 Å². The van der Waals surface area contributed by atoms with Gasteiger partial charge in [0.1, 0.15) is 11.6 Å². The molecule has 11 aromatic carbocycles. The van der Waals surface area contributed by atoms with E-state index >= 15 is 8.78 Å². The van der Waals surface area contributed by atoms with E-state index in [1.165, 1.54) is 55.3 Å². The lowest BCUT2D eigenvalue weighted by molar-refractivity contribution is 0.631. The van der Waals surface area contributed by atoms with Crippen molar-refractivity contribution in [2.45, 2.75) is 31.1 Å². The van der Waals surface area contributed by atoms with Crippen LogP contribution >= 0.6 is 0 Å². The molecule has 1 unspecified atom stereocenters. The standard InChI is InChI=1S/C77H53F2N3/c78-69-43-39-56(46-63(69)50-22-6-1-7-23-50)80(53-27-10-3-11-28-53)57-41-45-71-65(48-57)74-73-62-35-19-21-37-67(62)77(66-36-20-18-34-60(66)61-42-38-52-26-16-17-33-59(52)75(61)77)68(73)49-72(76(74)82(71)55-31-14-5-15-32-55)81(54-29-12-4-13-30-54)58-40-44-70(79)64(47-58)51-24-8-2-9-25-51/h1-4,6-12,14,16-29,31-49H,5,13,15,30H2. The molecule has 0 N–H and O–H groups in total. The number of benzene rings is 11. The molecular weight excluding hydrogens is 1000 g/mol. The molecule has 4 aliphatic rings. The maximum atomic E-state index is 16.6. The first kappa shape index (κ1) is 47.9. The number of hydrogen-bond donors (Lipinski definition) is 0. The average molecular weight is 1060 g/mol. The van der Waals surface area contributed by atoms with Gasteiger partial charge in [0.25, 0.3) is 0 Å². The summed E-state index contributed by atoms with van der Waals surface area (Å²) in [6.07, 6.45) is 17.1. The number of anilines is 5. The molecule has 1 spiro atoms. The van der Waals surface area contributed by atoms with Gasteiger partial charge in [-0.1, -0.05) is 188 Å². The SMILES string of the molecule is Fc1ccc(N(C2=CC=CCC2)c2cc3c(c4c5cc(N(c6ccccc6)c6ccc(F)c(-c7ccccc7)c6)ccc5n(C5=CCCC=C5)c24)-c2ccccc2C32c3ccccc3-c3ccc4ccccc4c32)cc1-c1ccccc1. The van der Waals surface area contributed by atoms with Crippen LogP contribution in [0.1, 0.15) is 47.9 Å². The van der Waals surface area contributed by atoms with Gasteiger partial charge in [-0.05, 0) is 177 Å². The molecule has 3 nitrogen and oxygen atoms in total. The van der Waals surface area contributed by atoms with Crippen molar-refractivity contribution in [2.24, 2.45) is 0 Å². The van der Waals surface area contributed by atoms with E-state index in [4.69, 9.17) is 0 Å². The number of hydrogen-bond acceptors (Lipinski definition) is 2. The number of halogens is 2. The average Bonchev–Trinajstić information content (AvgIpc) is 1.87. The van der Waals surface area contributed by atoms with Crippen LogP contribution in [0.4, 0.5) is 37.2 Å². The van der Waals surface area contributed by atoms with Crippen LogP contribution in [-0.4, -0.2) is 4.57 Å². The molecule has 0 saturated heterocycles. The van der Waals surface area contributed by atoms with E-state index in [0.29, 0.717) is 11.1 Å². The quantitative estimate of drug-likeness (QED) is 0.143. The zero-order valence-corrected chi connectivity index (χ0v) is 44.9. The van der Waals surface area contributed by atoms with Crippen molar-refractivity contribution in [3.8, 4) is 44.5 Å². The molecule has 82 heavy (non-hydrogen) atoms. The largest absolute Gasteiger partial charge is 0.312 e. The molecule has 4 aliphatic carbocycles. The van der Waals surface area contributed by atoms with Gasteiger partial charge in [0.2, 0.25) is 0 Å². The van der Waals surface area contributed by atoms with E-state index in [1.54, 1.807) is 12.1 Å². The van der Waals surface area contributed by atoms with Gasteiger partial charge in [-0.25, -0.2) is 8.78 Å². The van der Waals surface area contributed by atoms with Gasteiger partial charge >= 0.3 is 0 Å². The Labute approximate surface area is 475 Å². The number of fused-ring (bicyclic) bond motifs is 16. The lowest BCUT2D eigenvalue weighted by Crippen LogP contribution is -2.27. The summed E-state index contributed by atoms with van der Waals surface area (Å²) in [5.74, 6) is -0.551. The fourth-order valence-corrected chi connectivity index (χ4v) is 14.2. The van der Waals surface area contributed by atoms with E-state index < -0.39 is 5.41 Å². The second-order valence-corrected chi connectivity index (χ2v) is 21.9. The fourth-order valence-electron chi connectivity index (χ4n) is 14.2. The molecule has 0 bridgehead atoms. The second-order valence-electron chi connectivity index (χ2n) is 21.9. The zero-order valence-electron chi connectivity index (χ0n) is 44.9. The van der Waals surface area contributed by atoms with Crippen LogP contribution in [-0.2, 0) is 5.41 Å². The van der Waals surface area contributed by atoms with E-state index in [9.17, 15) is 0 Å². The highest BCUT2D eigenvalue weighted by molar-refractivity contribution is 6.24. The Morgan fingerprint density at radius 2 is 1.06 bits per heavy atom. The van der Waals surface area contributed by atoms with Gasteiger partial charge in [0, 0.05) is 56.0 Å². The second kappa shape index (κ2) is 19.0. The van der Waals surface area contributed by atoms with Crippen molar-refractivity contribution in [2.75, 3.05) is 9.80 Å². The molecule has 16 rings (SSSR count). The number of rotatable bonds is 9. The van der Waals surface area contributed by atoms with Crippen molar-refractivity contribution < 1.29 is 8.78 Å². The topological polar surface area (TPSA) is 11.4 Å². The van der Waals surface area contributed by atoms with Crippen LogP contribution in [0.2, 0.25) is 0 Å². The van der Waals surface area contributed by atoms with Crippen molar-refractivity contribution in [1.29, 1.82) is 0 Å². The van der Waals surface area contributed by atoms with Crippen LogP contribution in [0.3, 0.4) is 0 Å². The Balaban J connectivity index is 1.09. The predicted octanol–water partition coefficient (Wildman–Crippen LogP) is 20.9. The number of aromatic nitrogens is 1. The molecule has 1 heterocycles. The molecule has 390 valence electrons. The summed E-state index contributed by atoms with van der Waals surface area (Å²) in [6, 6.07) is 82.4. The Bertz CT molecular complexity index is 4720. The number of nitrogens with zero attached hydrogens (tertiary/aromatic N) is 3. The molecule has 0 aliphatic heterocycles. The summed E-state index contributed by atoms with van der Waals surface area (Å²) in [5, 5.41) is 4.61. The third-order valence-electron chi connectivity index (χ3n) is 17.5. The summed E-state index contributed by atoms with van der Waals surface area (Å²) >= 11 is 0. The van der Waals surface area contributed by atoms with Gasteiger partial charge in [-0.2, -0.15) is 0 Å². The number of allylic oxidation sites excluding steroid dienone is 8. The molecule has 12 aromatic rings. The van der Waals surface area contributed by atoms with Crippen molar-refractivity contribution in [1.82, 2.24) is 4.57 Å². The molecule has 5 heteroatoms. The first-order valence-corrected chi connectivity index (χ1v) is 28.5. The molecule has 1 aromatic heterocycles. The molecule has 1 atom stereocenters. The minimum Gasteiger partial charge on any atom is -0.312 e. The lowest BCUT2D eigenvalue weighted by Gasteiger charge is -2.34. The highest BCUT2D eigenvalue weighted by Gasteiger charge is 2.54. The highest BCUT2D eigenvalue weighted by atomic mass is 19.1. The maximum absolute atomic E-state index is 16.6. The third-order valence-corrected chi connectivity index (χ3v) is 17.5. The van der Waals surface area contributed by atoms with Crippen molar-refractivity contribution >= 4 is 66.7 Å². The van der Waals surface area contributed by atoms with Gasteiger partial charge in [-0.15, -0.1) is 0 Å². The van der Waals surface area contributed by atoms with Crippen molar-refractivity contribution in [3.63, 3.8) is 0 Å². The summed E-state index contributed by atoms with van der Waals surface area (Å²) in [6.45, 7) is 0. The maximum Gasteiger partial charge on any atom is 0.131 e. The molecular formula is C77H53F2N3. The Hall–Kier alpha value is -10.1. The lowest BCUT2D eigenvalue weighted by atomic mass is 9.69. The highest BCUT2D eigenvalue weighted by Crippen LogP contribution is 2.67. The van der Waals surface area contributed by atoms with Crippen LogP contribution in [0.25, 0.3) is 82.8 Å². The Kier molecular flexibility index (Phi) is 11.1. The minimum atomic E-state index is -0.750. The van der Waals surface area contributed by atoms with Crippen LogP contribution in [0.15, 0.2) is 279 Å². The van der Waals surface area contributed by atoms with Gasteiger partial charge in [0.15, 0.2) is 0 Å². The van der Waals surface area contributed by atoms with Crippen LogP contribution in [0.5, 0.6) is 0 Å².